The third-order valence-electron chi connectivity index (χ3n) is 5.00. The van der Waals surface area contributed by atoms with Crippen molar-refractivity contribution in [3.8, 4) is 17.4 Å². The van der Waals surface area contributed by atoms with Crippen molar-refractivity contribution in [3.05, 3.63) is 75.9 Å². The normalized spacial score (nSPS) is 12.0. The molecule has 0 N–H and O–H groups in total. The molecule has 0 aliphatic carbocycles. The fourth-order valence-corrected chi connectivity index (χ4v) is 3.54. The molecule has 4 rings (SSSR count). The Morgan fingerprint density at radius 1 is 1.00 bits per heavy atom. The number of hydrogen-bond acceptors (Lipinski definition) is 4. The minimum atomic E-state index is -4.96. The van der Waals surface area contributed by atoms with E-state index in [0.717, 1.165) is 10.8 Å². The molecule has 1 heterocycles. The first kappa shape index (κ1) is 21.7. The molecule has 166 valence electrons. The van der Waals surface area contributed by atoms with Crippen LogP contribution >= 0.6 is 0 Å². The molecule has 0 aliphatic rings. The number of rotatable bonds is 5. The van der Waals surface area contributed by atoms with Gasteiger partial charge in [0.2, 0.25) is 5.43 Å². The highest BCUT2D eigenvalue weighted by atomic mass is 19.4. The van der Waals surface area contributed by atoms with Crippen LogP contribution in [0.25, 0.3) is 21.7 Å². The molecule has 1 aromatic heterocycles. The molecule has 0 saturated heterocycles. The molecule has 0 saturated carbocycles. The van der Waals surface area contributed by atoms with Crippen LogP contribution in [-0.4, -0.2) is 6.10 Å². The number of ether oxygens (including phenoxy) is 2. The molecule has 0 bridgehead atoms. The molecular weight excluding hydrogens is 421 g/mol. The quantitative estimate of drug-likeness (QED) is 0.331. The third kappa shape index (κ3) is 4.15. The van der Waals surface area contributed by atoms with Crippen molar-refractivity contribution in [1.29, 1.82) is 0 Å². The number of aryl methyl sites for hydroxylation is 1. The van der Waals surface area contributed by atoms with Gasteiger partial charge in [0, 0.05) is 6.07 Å². The van der Waals surface area contributed by atoms with Gasteiger partial charge in [-0.1, -0.05) is 37.3 Å². The molecule has 0 fully saturated rings. The summed E-state index contributed by atoms with van der Waals surface area (Å²) in [6, 6.07) is 15.0. The number of halogens is 3. The molecule has 0 amide bonds. The molecule has 4 nitrogen and oxygen atoms in total. The molecule has 0 atom stereocenters. The standard InChI is InChI=1S/C25H21F3O4/c1-4-15-12-19-21(13-20(15)30-14(2)3)32-24(22(23(19)29)25(26,27)28)31-18-10-9-16-7-5-6-8-17(16)11-18/h5-14H,4H2,1-3H3. The number of alkyl halides is 3. The van der Waals surface area contributed by atoms with Crippen LogP contribution in [0.3, 0.4) is 0 Å². The van der Waals surface area contributed by atoms with E-state index in [9.17, 15) is 18.0 Å². The maximum atomic E-state index is 13.9. The summed E-state index contributed by atoms with van der Waals surface area (Å²) >= 11 is 0. The van der Waals surface area contributed by atoms with Crippen LogP contribution in [0, 0.1) is 0 Å². The SMILES string of the molecule is CCc1cc2c(=O)c(C(F)(F)F)c(Oc3ccc4ccccc4c3)oc2cc1OC(C)C. The van der Waals surface area contributed by atoms with E-state index in [4.69, 9.17) is 13.9 Å². The van der Waals surface area contributed by atoms with Gasteiger partial charge < -0.3 is 13.9 Å². The Morgan fingerprint density at radius 2 is 1.72 bits per heavy atom. The summed E-state index contributed by atoms with van der Waals surface area (Å²) in [5.41, 5.74) is -2.08. The highest BCUT2D eigenvalue weighted by Gasteiger charge is 2.40. The molecule has 0 radical (unpaired) electrons. The van der Waals surface area contributed by atoms with Crippen LogP contribution in [0.15, 0.2) is 63.8 Å². The second-order valence-electron chi connectivity index (χ2n) is 7.68. The van der Waals surface area contributed by atoms with Gasteiger partial charge in [0.1, 0.15) is 17.1 Å². The van der Waals surface area contributed by atoms with Gasteiger partial charge in [-0.05, 0) is 54.8 Å². The Bertz CT molecular complexity index is 1350. The molecular formula is C25H21F3O4. The van der Waals surface area contributed by atoms with Crippen LogP contribution in [0.1, 0.15) is 31.9 Å². The Morgan fingerprint density at radius 3 is 2.38 bits per heavy atom. The summed E-state index contributed by atoms with van der Waals surface area (Å²) in [4.78, 5) is 12.9. The van der Waals surface area contributed by atoms with Gasteiger partial charge in [-0.2, -0.15) is 13.2 Å². The molecule has 0 spiro atoms. The van der Waals surface area contributed by atoms with Crippen molar-refractivity contribution in [2.75, 3.05) is 0 Å². The summed E-state index contributed by atoms with van der Waals surface area (Å²) in [7, 11) is 0. The average Bonchev–Trinajstić information content (AvgIpc) is 2.72. The van der Waals surface area contributed by atoms with Gasteiger partial charge in [0.25, 0.3) is 0 Å². The van der Waals surface area contributed by atoms with Crippen LogP contribution in [-0.2, 0) is 12.6 Å². The van der Waals surface area contributed by atoms with Gasteiger partial charge >= 0.3 is 12.1 Å². The lowest BCUT2D eigenvalue weighted by molar-refractivity contribution is -0.140. The first-order valence-corrected chi connectivity index (χ1v) is 10.2. The highest BCUT2D eigenvalue weighted by molar-refractivity contribution is 5.84. The number of fused-ring (bicyclic) bond motifs is 2. The van der Waals surface area contributed by atoms with E-state index in [-0.39, 0.29) is 22.8 Å². The lowest BCUT2D eigenvalue weighted by Crippen LogP contribution is -2.21. The van der Waals surface area contributed by atoms with Crippen molar-refractivity contribution >= 4 is 21.7 Å². The minimum Gasteiger partial charge on any atom is -0.491 e. The monoisotopic (exact) mass is 442 g/mol. The van der Waals surface area contributed by atoms with Crippen molar-refractivity contribution < 1.29 is 27.1 Å². The lowest BCUT2D eigenvalue weighted by Gasteiger charge is -2.16. The van der Waals surface area contributed by atoms with Crippen molar-refractivity contribution in [2.45, 2.75) is 39.5 Å². The lowest BCUT2D eigenvalue weighted by atomic mass is 10.1. The second-order valence-corrected chi connectivity index (χ2v) is 7.68. The Labute approximate surface area is 182 Å². The van der Waals surface area contributed by atoms with E-state index < -0.39 is 23.1 Å². The maximum absolute atomic E-state index is 13.9. The van der Waals surface area contributed by atoms with Crippen LogP contribution in [0.2, 0.25) is 0 Å². The third-order valence-corrected chi connectivity index (χ3v) is 5.00. The predicted octanol–water partition coefficient (Wildman–Crippen LogP) is 7.11. The molecule has 3 aromatic carbocycles. The average molecular weight is 442 g/mol. The minimum absolute atomic E-state index is 0.0355. The van der Waals surface area contributed by atoms with Gasteiger partial charge in [0.15, 0.2) is 5.56 Å². The van der Waals surface area contributed by atoms with Crippen LogP contribution in [0.4, 0.5) is 13.2 Å². The van der Waals surface area contributed by atoms with E-state index >= 15 is 0 Å². The van der Waals surface area contributed by atoms with E-state index in [1.54, 1.807) is 12.1 Å². The van der Waals surface area contributed by atoms with Crippen molar-refractivity contribution in [3.63, 3.8) is 0 Å². The smallest absolute Gasteiger partial charge is 0.427 e. The van der Waals surface area contributed by atoms with E-state index in [2.05, 4.69) is 0 Å². The zero-order chi connectivity index (χ0) is 23.0. The molecule has 0 unspecified atom stereocenters. The van der Waals surface area contributed by atoms with Crippen molar-refractivity contribution in [1.82, 2.24) is 0 Å². The molecule has 7 heteroatoms. The summed E-state index contributed by atoms with van der Waals surface area (Å²) in [6.45, 7) is 5.50. The zero-order valence-corrected chi connectivity index (χ0v) is 17.7. The topological polar surface area (TPSA) is 48.7 Å². The molecule has 32 heavy (non-hydrogen) atoms. The van der Waals surface area contributed by atoms with E-state index in [0.29, 0.717) is 17.7 Å². The van der Waals surface area contributed by atoms with Gasteiger partial charge in [0.05, 0.1) is 11.5 Å². The maximum Gasteiger partial charge on any atom is 0.427 e. The summed E-state index contributed by atoms with van der Waals surface area (Å²) < 4.78 is 58.3. The van der Waals surface area contributed by atoms with Gasteiger partial charge in [-0.25, -0.2) is 0 Å². The number of hydrogen-bond donors (Lipinski definition) is 0. The highest BCUT2D eigenvalue weighted by Crippen LogP contribution is 2.39. The summed E-state index contributed by atoms with van der Waals surface area (Å²) in [5, 5.41) is 1.51. The summed E-state index contributed by atoms with van der Waals surface area (Å²) in [5.74, 6) is -0.319. The van der Waals surface area contributed by atoms with Crippen molar-refractivity contribution in [2.24, 2.45) is 0 Å². The van der Waals surface area contributed by atoms with E-state index in [1.807, 2.05) is 45.0 Å². The Kier molecular flexibility index (Phi) is 5.59. The fraction of sp³-hybridized carbons (Fsp3) is 0.240. The first-order chi connectivity index (χ1) is 15.2. The predicted molar refractivity (Wildman–Crippen MR) is 117 cm³/mol. The van der Waals surface area contributed by atoms with Gasteiger partial charge in [-0.3, -0.25) is 4.79 Å². The van der Waals surface area contributed by atoms with Crippen LogP contribution in [0.5, 0.6) is 17.4 Å². The fourth-order valence-electron chi connectivity index (χ4n) is 3.54. The largest absolute Gasteiger partial charge is 0.491 e. The summed E-state index contributed by atoms with van der Waals surface area (Å²) in [6.07, 6.45) is -4.64. The second kappa shape index (κ2) is 8.22. The first-order valence-electron chi connectivity index (χ1n) is 10.2. The number of benzene rings is 3. The molecule has 0 aliphatic heterocycles. The van der Waals surface area contributed by atoms with E-state index in [1.165, 1.54) is 18.2 Å². The molecule has 4 aromatic rings. The Hall–Kier alpha value is -3.48. The van der Waals surface area contributed by atoms with Crippen LogP contribution < -0.4 is 14.9 Å². The zero-order valence-electron chi connectivity index (χ0n) is 17.7. The van der Waals surface area contributed by atoms with Gasteiger partial charge in [-0.15, -0.1) is 0 Å². The Balaban J connectivity index is 1.91.